The van der Waals surface area contributed by atoms with Gasteiger partial charge in [-0.1, -0.05) is 89.5 Å². The second kappa shape index (κ2) is 15.0. The highest BCUT2D eigenvalue weighted by atomic mass is 32.2. The topological polar surface area (TPSA) is 0 Å². The van der Waals surface area contributed by atoms with E-state index in [1.807, 2.05) is 23.5 Å². The lowest BCUT2D eigenvalue weighted by molar-refractivity contribution is 0.627. The lowest BCUT2D eigenvalue weighted by Crippen LogP contribution is -1.84. The normalized spacial score (nSPS) is 11.1. The first kappa shape index (κ1) is 23.4. The Morgan fingerprint density at radius 1 is 0.464 bits per heavy atom. The predicted molar refractivity (Wildman–Crippen MR) is 131 cm³/mol. The second-order valence-corrected chi connectivity index (χ2v) is 9.91. The van der Waals surface area contributed by atoms with Crippen LogP contribution in [0.25, 0.3) is 11.1 Å². The van der Waals surface area contributed by atoms with Crippen molar-refractivity contribution in [2.75, 3.05) is 11.5 Å². The Hall–Kier alpha value is -0.860. The molecule has 2 aromatic carbocycles. The van der Waals surface area contributed by atoms with Crippen molar-refractivity contribution in [3.63, 3.8) is 0 Å². The van der Waals surface area contributed by atoms with Crippen molar-refractivity contribution >= 4 is 23.5 Å². The summed E-state index contributed by atoms with van der Waals surface area (Å²) in [6.45, 7) is 4.55. The minimum absolute atomic E-state index is 1.24. The molecule has 0 N–H and O–H groups in total. The molecule has 0 amide bonds. The van der Waals surface area contributed by atoms with Crippen LogP contribution in [0.2, 0.25) is 0 Å². The fraction of sp³-hybridized carbons (Fsp3) is 0.538. The first-order valence-electron chi connectivity index (χ1n) is 11.3. The van der Waals surface area contributed by atoms with Gasteiger partial charge in [0.05, 0.1) is 0 Å². The van der Waals surface area contributed by atoms with E-state index in [1.165, 1.54) is 96.6 Å². The number of hydrogen-bond donors (Lipinski definition) is 0. The van der Waals surface area contributed by atoms with Crippen molar-refractivity contribution in [1.82, 2.24) is 0 Å². The van der Waals surface area contributed by atoms with Crippen molar-refractivity contribution in [3.05, 3.63) is 48.5 Å². The molecule has 2 aromatic rings. The third-order valence-corrected chi connectivity index (χ3v) is 7.27. The van der Waals surface area contributed by atoms with E-state index in [9.17, 15) is 0 Å². The van der Waals surface area contributed by atoms with Crippen LogP contribution in [0.5, 0.6) is 0 Å². The molecule has 0 bridgehead atoms. The van der Waals surface area contributed by atoms with Gasteiger partial charge in [0.25, 0.3) is 0 Å². The van der Waals surface area contributed by atoms with Crippen molar-refractivity contribution in [2.45, 2.75) is 87.8 Å². The monoisotopic (exact) mass is 414 g/mol. The average molecular weight is 415 g/mol. The molecule has 0 spiro atoms. The summed E-state index contributed by atoms with van der Waals surface area (Å²) in [6, 6.07) is 18.2. The minimum atomic E-state index is 1.24. The van der Waals surface area contributed by atoms with Crippen molar-refractivity contribution in [3.8, 4) is 11.1 Å². The highest BCUT2D eigenvalue weighted by Crippen LogP contribution is 2.27. The lowest BCUT2D eigenvalue weighted by Gasteiger charge is -2.07. The van der Waals surface area contributed by atoms with E-state index in [2.05, 4.69) is 62.4 Å². The molecule has 28 heavy (non-hydrogen) atoms. The summed E-state index contributed by atoms with van der Waals surface area (Å²) in [7, 11) is 0. The fourth-order valence-corrected chi connectivity index (χ4v) is 5.10. The van der Waals surface area contributed by atoms with Crippen LogP contribution < -0.4 is 0 Å². The van der Waals surface area contributed by atoms with Gasteiger partial charge in [-0.2, -0.15) is 0 Å². The lowest BCUT2D eigenvalue weighted by atomic mass is 10.1. The third kappa shape index (κ3) is 9.56. The van der Waals surface area contributed by atoms with Crippen LogP contribution in [0.1, 0.15) is 78.1 Å². The van der Waals surface area contributed by atoms with Gasteiger partial charge in [0.1, 0.15) is 0 Å². The molecule has 0 nitrogen and oxygen atoms in total. The largest absolute Gasteiger partial charge is 0.126 e. The van der Waals surface area contributed by atoms with Gasteiger partial charge in [0.2, 0.25) is 0 Å². The van der Waals surface area contributed by atoms with Gasteiger partial charge in [-0.3, -0.25) is 0 Å². The Kier molecular flexibility index (Phi) is 12.6. The molecule has 0 atom stereocenters. The van der Waals surface area contributed by atoms with E-state index in [1.54, 1.807) is 0 Å². The van der Waals surface area contributed by atoms with Gasteiger partial charge in [0.15, 0.2) is 0 Å². The number of unbranched alkanes of at least 4 members (excludes halogenated alkanes) is 8. The molecule has 0 heterocycles. The first-order valence-corrected chi connectivity index (χ1v) is 13.3. The SMILES string of the molecule is CCCCCCCCSc1ccc(-c2ccc(SCCCCCC)cc2)cc1. The summed E-state index contributed by atoms with van der Waals surface area (Å²) in [6.07, 6.45) is 13.6. The Balaban J connectivity index is 1.70. The summed E-state index contributed by atoms with van der Waals surface area (Å²) >= 11 is 3.99. The van der Waals surface area contributed by atoms with E-state index in [0.717, 1.165) is 0 Å². The zero-order valence-electron chi connectivity index (χ0n) is 17.9. The maximum Gasteiger partial charge on any atom is 0.00723 e. The summed E-state index contributed by atoms with van der Waals surface area (Å²) in [5.74, 6) is 2.49. The van der Waals surface area contributed by atoms with Gasteiger partial charge in [-0.25, -0.2) is 0 Å². The average Bonchev–Trinajstić information content (AvgIpc) is 2.74. The minimum Gasteiger partial charge on any atom is -0.126 e. The van der Waals surface area contributed by atoms with Crippen molar-refractivity contribution < 1.29 is 0 Å². The Morgan fingerprint density at radius 3 is 1.25 bits per heavy atom. The van der Waals surface area contributed by atoms with Gasteiger partial charge in [-0.15, -0.1) is 23.5 Å². The summed E-state index contributed by atoms with van der Waals surface area (Å²) in [4.78, 5) is 2.79. The van der Waals surface area contributed by atoms with Crippen molar-refractivity contribution in [1.29, 1.82) is 0 Å². The quantitative estimate of drug-likeness (QED) is 0.210. The molecular weight excluding hydrogens is 376 g/mol. The summed E-state index contributed by atoms with van der Waals surface area (Å²) in [5, 5.41) is 0. The highest BCUT2D eigenvalue weighted by molar-refractivity contribution is 7.99. The molecule has 0 radical (unpaired) electrons. The maximum atomic E-state index is 2.29. The molecule has 0 unspecified atom stereocenters. The van der Waals surface area contributed by atoms with E-state index >= 15 is 0 Å². The fourth-order valence-electron chi connectivity index (χ4n) is 3.28. The molecule has 0 saturated heterocycles. The highest BCUT2D eigenvalue weighted by Gasteiger charge is 2.01. The molecule has 0 fully saturated rings. The third-order valence-electron chi connectivity index (χ3n) is 5.08. The Morgan fingerprint density at radius 2 is 0.821 bits per heavy atom. The van der Waals surface area contributed by atoms with Crippen LogP contribution in [0, 0.1) is 0 Å². The zero-order valence-corrected chi connectivity index (χ0v) is 19.6. The van der Waals surface area contributed by atoms with E-state index in [0.29, 0.717) is 0 Å². The number of rotatable bonds is 15. The molecule has 0 aliphatic rings. The van der Waals surface area contributed by atoms with E-state index < -0.39 is 0 Å². The van der Waals surface area contributed by atoms with Crippen LogP contribution >= 0.6 is 23.5 Å². The molecule has 0 aromatic heterocycles. The molecule has 0 aliphatic heterocycles. The van der Waals surface area contributed by atoms with Crippen LogP contribution in [0.3, 0.4) is 0 Å². The van der Waals surface area contributed by atoms with Crippen molar-refractivity contribution in [2.24, 2.45) is 0 Å². The second-order valence-electron chi connectivity index (χ2n) is 7.57. The number of thioether (sulfide) groups is 2. The van der Waals surface area contributed by atoms with Crippen LogP contribution in [0.15, 0.2) is 58.3 Å². The molecular formula is C26H38S2. The summed E-state index contributed by atoms with van der Waals surface area (Å²) < 4.78 is 0. The van der Waals surface area contributed by atoms with Gasteiger partial charge in [0, 0.05) is 9.79 Å². The summed E-state index contributed by atoms with van der Waals surface area (Å²) in [5.41, 5.74) is 2.64. The van der Waals surface area contributed by atoms with Crippen LogP contribution in [0.4, 0.5) is 0 Å². The van der Waals surface area contributed by atoms with E-state index in [4.69, 9.17) is 0 Å². The maximum absolute atomic E-state index is 2.29. The standard InChI is InChI=1S/C26H38S2/c1-3-5-7-9-10-12-22-28-26-19-15-24(16-20-26)23-13-17-25(18-14-23)27-21-11-8-6-4-2/h13-20H,3-12,21-22H2,1-2H3. The number of benzene rings is 2. The molecule has 0 saturated carbocycles. The van der Waals surface area contributed by atoms with E-state index in [-0.39, 0.29) is 0 Å². The number of hydrogen-bond acceptors (Lipinski definition) is 2. The smallest absolute Gasteiger partial charge is 0.00723 e. The molecule has 2 heteroatoms. The van der Waals surface area contributed by atoms with Crippen LogP contribution in [-0.2, 0) is 0 Å². The first-order chi connectivity index (χ1) is 13.8. The van der Waals surface area contributed by atoms with Gasteiger partial charge >= 0.3 is 0 Å². The predicted octanol–water partition coefficient (Wildman–Crippen LogP) is 9.48. The molecule has 0 aliphatic carbocycles. The molecule has 2 rings (SSSR count). The van der Waals surface area contributed by atoms with Crippen LogP contribution in [-0.4, -0.2) is 11.5 Å². The molecule has 154 valence electrons. The Labute approximate surface area is 182 Å². The Bertz CT molecular complexity index is 616. The van der Waals surface area contributed by atoms with Gasteiger partial charge < -0.3 is 0 Å². The zero-order chi connectivity index (χ0) is 19.9. The van der Waals surface area contributed by atoms with Gasteiger partial charge in [-0.05, 0) is 59.7 Å².